The minimum absolute atomic E-state index is 0.109. The standard InChI is InChI=1S/C25H21F2N3O3/c1-15-5-4-6-16(2)23(15)30-22(29-20-14-28-12-11-19(20)24(30)32)10-7-17-13-18(8-9-21(17)31)33-25(3,26)27/h4-14,31H,1-3H3/b10-7+. The number of hydrogen-bond donors (Lipinski definition) is 1. The summed E-state index contributed by atoms with van der Waals surface area (Å²) in [5.74, 6) is 0.0497. The Morgan fingerprint density at radius 1 is 1.09 bits per heavy atom. The summed E-state index contributed by atoms with van der Waals surface area (Å²) in [6.45, 7) is 4.43. The van der Waals surface area contributed by atoms with Crippen molar-refractivity contribution in [1.82, 2.24) is 14.5 Å². The van der Waals surface area contributed by atoms with Crippen molar-refractivity contribution < 1.29 is 18.6 Å². The molecule has 0 aliphatic carbocycles. The van der Waals surface area contributed by atoms with E-state index in [1.807, 2.05) is 32.0 Å². The molecule has 0 amide bonds. The number of halogens is 2. The number of benzene rings is 2. The second kappa shape index (κ2) is 8.46. The summed E-state index contributed by atoms with van der Waals surface area (Å²) in [5.41, 5.74) is 2.82. The summed E-state index contributed by atoms with van der Waals surface area (Å²) < 4.78 is 32.6. The van der Waals surface area contributed by atoms with Crippen LogP contribution >= 0.6 is 0 Å². The molecule has 33 heavy (non-hydrogen) atoms. The number of aryl methyl sites for hydroxylation is 2. The highest BCUT2D eigenvalue weighted by Crippen LogP contribution is 2.29. The van der Waals surface area contributed by atoms with Gasteiger partial charge in [-0.25, -0.2) is 4.98 Å². The molecule has 4 rings (SSSR count). The van der Waals surface area contributed by atoms with Gasteiger partial charge in [-0.15, -0.1) is 0 Å². The average Bonchev–Trinajstić information content (AvgIpc) is 2.74. The van der Waals surface area contributed by atoms with E-state index in [4.69, 9.17) is 0 Å². The van der Waals surface area contributed by atoms with Crippen LogP contribution in [-0.2, 0) is 0 Å². The third kappa shape index (κ3) is 4.59. The fraction of sp³-hybridized carbons (Fsp3) is 0.160. The molecule has 168 valence electrons. The first kappa shape index (κ1) is 22.1. The molecule has 0 unspecified atom stereocenters. The van der Waals surface area contributed by atoms with Crippen LogP contribution in [0.4, 0.5) is 8.78 Å². The van der Waals surface area contributed by atoms with Crippen LogP contribution in [0.25, 0.3) is 28.7 Å². The molecule has 4 aromatic rings. The van der Waals surface area contributed by atoms with Crippen LogP contribution in [-0.4, -0.2) is 25.8 Å². The number of ether oxygens (including phenoxy) is 1. The van der Waals surface area contributed by atoms with Gasteiger partial charge in [-0.05, 0) is 61.4 Å². The minimum Gasteiger partial charge on any atom is -0.507 e. The first-order valence-corrected chi connectivity index (χ1v) is 10.2. The molecule has 0 aliphatic heterocycles. The molecule has 1 N–H and O–H groups in total. The van der Waals surface area contributed by atoms with Gasteiger partial charge >= 0.3 is 6.11 Å². The zero-order chi connectivity index (χ0) is 23.8. The smallest absolute Gasteiger partial charge is 0.394 e. The highest BCUT2D eigenvalue weighted by atomic mass is 19.3. The summed E-state index contributed by atoms with van der Waals surface area (Å²) >= 11 is 0. The maximum atomic E-state index is 13.5. The van der Waals surface area contributed by atoms with E-state index >= 15 is 0 Å². The monoisotopic (exact) mass is 449 g/mol. The van der Waals surface area contributed by atoms with E-state index in [1.165, 1.54) is 41.2 Å². The van der Waals surface area contributed by atoms with Crippen molar-refractivity contribution in [1.29, 1.82) is 0 Å². The van der Waals surface area contributed by atoms with E-state index in [0.717, 1.165) is 11.1 Å². The number of aromatic nitrogens is 3. The number of fused-ring (bicyclic) bond motifs is 1. The van der Waals surface area contributed by atoms with Crippen LogP contribution in [0, 0.1) is 13.8 Å². The van der Waals surface area contributed by atoms with E-state index in [0.29, 0.717) is 29.3 Å². The Kier molecular flexibility index (Phi) is 5.68. The number of phenols is 1. The highest BCUT2D eigenvalue weighted by Gasteiger charge is 2.23. The number of pyridine rings is 1. The molecule has 2 heterocycles. The Morgan fingerprint density at radius 2 is 1.82 bits per heavy atom. The molecule has 6 nitrogen and oxygen atoms in total. The quantitative estimate of drug-likeness (QED) is 0.449. The summed E-state index contributed by atoms with van der Waals surface area (Å²) in [6, 6.07) is 11.1. The van der Waals surface area contributed by atoms with Crippen molar-refractivity contribution in [3.05, 3.63) is 87.7 Å². The Bertz CT molecular complexity index is 1420. The molecule has 2 aromatic heterocycles. The van der Waals surface area contributed by atoms with Gasteiger partial charge in [-0.3, -0.25) is 14.3 Å². The number of alkyl halides is 2. The molecule has 2 aromatic carbocycles. The largest absolute Gasteiger partial charge is 0.507 e. The van der Waals surface area contributed by atoms with Gasteiger partial charge in [0.1, 0.15) is 17.3 Å². The maximum absolute atomic E-state index is 13.5. The van der Waals surface area contributed by atoms with Crippen LogP contribution in [0.1, 0.15) is 29.4 Å². The van der Waals surface area contributed by atoms with Gasteiger partial charge < -0.3 is 9.84 Å². The van der Waals surface area contributed by atoms with Crippen LogP contribution in [0.5, 0.6) is 11.5 Å². The molecule has 0 atom stereocenters. The number of para-hydroxylation sites is 1. The fourth-order valence-corrected chi connectivity index (χ4v) is 3.64. The molecule has 0 radical (unpaired) electrons. The van der Waals surface area contributed by atoms with E-state index in [9.17, 15) is 18.7 Å². The lowest BCUT2D eigenvalue weighted by atomic mass is 10.1. The van der Waals surface area contributed by atoms with Crippen molar-refractivity contribution in [2.75, 3.05) is 0 Å². The molecule has 0 saturated carbocycles. The third-order valence-corrected chi connectivity index (χ3v) is 5.07. The van der Waals surface area contributed by atoms with Gasteiger partial charge in [0.25, 0.3) is 5.56 Å². The van der Waals surface area contributed by atoms with Crippen molar-refractivity contribution in [2.24, 2.45) is 0 Å². The zero-order valence-corrected chi connectivity index (χ0v) is 18.2. The Labute approximate surface area is 188 Å². The topological polar surface area (TPSA) is 77.2 Å². The first-order valence-electron chi connectivity index (χ1n) is 10.2. The van der Waals surface area contributed by atoms with Crippen molar-refractivity contribution in [2.45, 2.75) is 26.9 Å². The van der Waals surface area contributed by atoms with Gasteiger partial charge in [0.2, 0.25) is 0 Å². The van der Waals surface area contributed by atoms with Crippen molar-refractivity contribution in [3.63, 3.8) is 0 Å². The number of phenolic OH excluding ortho intramolecular Hbond substituents is 1. The molecule has 0 spiro atoms. The Morgan fingerprint density at radius 3 is 2.52 bits per heavy atom. The lowest BCUT2D eigenvalue weighted by Gasteiger charge is -2.16. The predicted octanol–water partition coefficient (Wildman–Crippen LogP) is 5.27. The molecule has 0 bridgehead atoms. The fourth-order valence-electron chi connectivity index (χ4n) is 3.64. The highest BCUT2D eigenvalue weighted by molar-refractivity contribution is 5.80. The van der Waals surface area contributed by atoms with Crippen LogP contribution < -0.4 is 10.3 Å². The maximum Gasteiger partial charge on any atom is 0.394 e. The Balaban J connectivity index is 1.91. The third-order valence-electron chi connectivity index (χ3n) is 5.07. The lowest BCUT2D eigenvalue weighted by Crippen LogP contribution is -2.24. The van der Waals surface area contributed by atoms with E-state index in [2.05, 4.69) is 14.7 Å². The molecule has 0 fully saturated rings. The molecule has 0 saturated heterocycles. The van der Waals surface area contributed by atoms with E-state index in [1.54, 1.807) is 12.1 Å². The zero-order valence-electron chi connectivity index (χ0n) is 18.2. The second-order valence-electron chi connectivity index (χ2n) is 7.71. The molecular formula is C25H21F2N3O3. The average molecular weight is 449 g/mol. The van der Waals surface area contributed by atoms with Crippen LogP contribution in [0.2, 0.25) is 0 Å². The van der Waals surface area contributed by atoms with Gasteiger partial charge in [0.15, 0.2) is 0 Å². The summed E-state index contributed by atoms with van der Waals surface area (Å²) in [7, 11) is 0. The van der Waals surface area contributed by atoms with Gasteiger partial charge in [0.05, 0.1) is 22.8 Å². The summed E-state index contributed by atoms with van der Waals surface area (Å²) in [5, 5.41) is 10.6. The molecule has 0 aliphatic rings. The number of rotatable bonds is 5. The van der Waals surface area contributed by atoms with E-state index in [-0.39, 0.29) is 22.6 Å². The molecular weight excluding hydrogens is 428 g/mol. The summed E-state index contributed by atoms with van der Waals surface area (Å²) in [6.07, 6.45) is 2.70. The van der Waals surface area contributed by atoms with E-state index < -0.39 is 6.11 Å². The van der Waals surface area contributed by atoms with Gasteiger partial charge in [0, 0.05) is 18.7 Å². The SMILES string of the molecule is Cc1cccc(C)c1-n1c(/C=C/c2cc(OC(C)(F)F)ccc2O)nc2cnccc2c1=O. The Hall–Kier alpha value is -4.07. The van der Waals surface area contributed by atoms with Gasteiger partial charge in [-0.2, -0.15) is 8.78 Å². The summed E-state index contributed by atoms with van der Waals surface area (Å²) in [4.78, 5) is 22.1. The minimum atomic E-state index is -3.37. The normalized spacial score (nSPS) is 11.9. The lowest BCUT2D eigenvalue weighted by molar-refractivity contribution is -0.158. The van der Waals surface area contributed by atoms with Crippen LogP contribution in [0.15, 0.2) is 59.7 Å². The number of hydrogen-bond acceptors (Lipinski definition) is 5. The van der Waals surface area contributed by atoms with Gasteiger partial charge in [-0.1, -0.05) is 18.2 Å². The number of aromatic hydroxyl groups is 1. The predicted molar refractivity (Wildman–Crippen MR) is 123 cm³/mol. The molecule has 8 heteroatoms. The second-order valence-corrected chi connectivity index (χ2v) is 7.71. The van der Waals surface area contributed by atoms with Crippen LogP contribution in [0.3, 0.4) is 0 Å². The number of nitrogens with zero attached hydrogens (tertiary/aromatic N) is 3. The van der Waals surface area contributed by atoms with Crippen molar-refractivity contribution >= 4 is 23.1 Å². The first-order chi connectivity index (χ1) is 15.6. The van der Waals surface area contributed by atoms with Crippen molar-refractivity contribution in [3.8, 4) is 17.2 Å².